The number of hydrogen-bond acceptors (Lipinski definition) is 6. The number of hydrogen-bond donors (Lipinski definition) is 1. The second-order valence-corrected chi connectivity index (χ2v) is 8.96. The van der Waals surface area contributed by atoms with Crippen LogP contribution < -0.4 is 20.3 Å². The molecule has 174 valence electrons. The molecule has 0 bridgehead atoms. The summed E-state index contributed by atoms with van der Waals surface area (Å²) in [6.45, 7) is 0.101. The zero-order chi connectivity index (χ0) is 24.2. The van der Waals surface area contributed by atoms with Gasteiger partial charge in [-0.2, -0.15) is 4.98 Å². The number of anilines is 1. The van der Waals surface area contributed by atoms with Gasteiger partial charge in [0, 0.05) is 30.2 Å². The molecule has 0 saturated carbocycles. The fourth-order valence-corrected chi connectivity index (χ4v) is 5.10. The van der Waals surface area contributed by atoms with Crippen LogP contribution in [0.3, 0.4) is 0 Å². The zero-order valence-electron chi connectivity index (χ0n) is 18.6. The van der Waals surface area contributed by atoms with Crippen LogP contribution in [0.5, 0.6) is 11.5 Å². The third-order valence-electron chi connectivity index (χ3n) is 5.52. The van der Waals surface area contributed by atoms with E-state index < -0.39 is 5.92 Å². The van der Waals surface area contributed by atoms with Crippen LogP contribution in [0.25, 0.3) is 0 Å². The molecule has 1 aliphatic rings. The minimum atomic E-state index is -0.479. The summed E-state index contributed by atoms with van der Waals surface area (Å²) < 4.78 is 12.7. The fourth-order valence-electron chi connectivity index (χ4n) is 3.85. The molecule has 1 aromatic heterocycles. The monoisotopic (exact) mass is 495 g/mol. The van der Waals surface area contributed by atoms with E-state index >= 15 is 0 Å². The lowest BCUT2D eigenvalue weighted by molar-refractivity contribution is -0.116. The van der Waals surface area contributed by atoms with Crippen LogP contribution in [-0.2, 0) is 17.6 Å². The second kappa shape index (κ2) is 10.2. The maximum atomic E-state index is 13.2. The average Bonchev–Trinajstić information content (AvgIpc) is 2.84. The number of nitrogens with zero attached hydrogens (tertiary/aromatic N) is 2. The maximum absolute atomic E-state index is 13.2. The number of terminal acetylenes is 1. The SMILES string of the molecule is C#CCOc1ccc(C2CC(=O)Nc3c2c(=O)nc(SCc2ccccc2Cl)n3C)cc1OC. The summed E-state index contributed by atoms with van der Waals surface area (Å²) in [6.07, 6.45) is 5.39. The number of aromatic nitrogens is 2. The minimum absolute atomic E-state index is 0.101. The lowest BCUT2D eigenvalue weighted by atomic mass is 9.86. The van der Waals surface area contributed by atoms with E-state index in [1.54, 1.807) is 29.8 Å². The third-order valence-corrected chi connectivity index (χ3v) is 6.96. The summed E-state index contributed by atoms with van der Waals surface area (Å²) >= 11 is 7.64. The standard InChI is InChI=1S/C25H22ClN3O4S/c1-4-11-33-19-10-9-15(12-20(19)32-3)17-13-21(30)27-23-22(17)24(31)28-25(29(23)2)34-14-16-7-5-6-8-18(16)26/h1,5-10,12,17H,11,13-14H2,2-3H3,(H,27,30). The number of halogens is 1. The first kappa shape index (κ1) is 23.7. The smallest absolute Gasteiger partial charge is 0.279 e. The molecule has 4 rings (SSSR count). The molecule has 3 aromatic rings. The largest absolute Gasteiger partial charge is 0.493 e. The molecule has 1 N–H and O–H groups in total. The van der Waals surface area contributed by atoms with Crippen LogP contribution in [0.15, 0.2) is 52.4 Å². The number of carbonyl (C=O) groups excluding carboxylic acids is 1. The van der Waals surface area contributed by atoms with Gasteiger partial charge in [-0.25, -0.2) is 0 Å². The predicted molar refractivity (Wildman–Crippen MR) is 133 cm³/mol. The number of amides is 1. The number of benzene rings is 2. The number of nitrogens with one attached hydrogen (secondary N) is 1. The van der Waals surface area contributed by atoms with Crippen molar-refractivity contribution < 1.29 is 14.3 Å². The lowest BCUT2D eigenvalue weighted by Crippen LogP contribution is -2.33. The van der Waals surface area contributed by atoms with E-state index in [-0.39, 0.29) is 24.5 Å². The third kappa shape index (κ3) is 4.76. The molecule has 2 heterocycles. The van der Waals surface area contributed by atoms with Gasteiger partial charge in [0.15, 0.2) is 16.7 Å². The highest BCUT2D eigenvalue weighted by molar-refractivity contribution is 7.98. The van der Waals surface area contributed by atoms with E-state index in [9.17, 15) is 9.59 Å². The number of carbonyl (C=O) groups is 1. The first-order chi connectivity index (χ1) is 16.4. The van der Waals surface area contributed by atoms with Crippen molar-refractivity contribution in [2.75, 3.05) is 19.0 Å². The van der Waals surface area contributed by atoms with E-state index in [0.29, 0.717) is 38.8 Å². The molecule has 0 fully saturated rings. The van der Waals surface area contributed by atoms with Gasteiger partial charge in [0.2, 0.25) is 5.91 Å². The molecule has 7 nitrogen and oxygen atoms in total. The Morgan fingerprint density at radius 1 is 1.26 bits per heavy atom. The van der Waals surface area contributed by atoms with Gasteiger partial charge in [-0.3, -0.25) is 9.59 Å². The predicted octanol–water partition coefficient (Wildman–Crippen LogP) is 4.22. The highest BCUT2D eigenvalue weighted by Gasteiger charge is 2.32. The molecular formula is C25H22ClN3O4S. The highest BCUT2D eigenvalue weighted by atomic mass is 35.5. The van der Waals surface area contributed by atoms with Gasteiger partial charge in [-0.15, -0.1) is 6.42 Å². The maximum Gasteiger partial charge on any atom is 0.279 e. The first-order valence-corrected chi connectivity index (χ1v) is 11.8. The summed E-state index contributed by atoms with van der Waals surface area (Å²) in [5, 5.41) is 3.99. The Bertz CT molecular complexity index is 1350. The molecule has 34 heavy (non-hydrogen) atoms. The number of rotatable bonds is 7. The quantitative estimate of drug-likeness (QED) is 0.300. The van der Waals surface area contributed by atoms with Gasteiger partial charge in [-0.05, 0) is 29.3 Å². The summed E-state index contributed by atoms with van der Waals surface area (Å²) in [7, 11) is 3.30. The number of fused-ring (bicyclic) bond motifs is 1. The van der Waals surface area contributed by atoms with Crippen molar-refractivity contribution in [3.05, 3.63) is 74.5 Å². The van der Waals surface area contributed by atoms with E-state index in [2.05, 4.69) is 16.2 Å². The summed E-state index contributed by atoms with van der Waals surface area (Å²) in [6, 6.07) is 12.8. The molecular weight excluding hydrogens is 474 g/mol. The Morgan fingerprint density at radius 3 is 2.79 bits per heavy atom. The fraction of sp³-hybridized carbons (Fsp3) is 0.240. The lowest BCUT2D eigenvalue weighted by Gasteiger charge is -2.28. The van der Waals surface area contributed by atoms with Crippen molar-refractivity contribution >= 4 is 35.1 Å². The van der Waals surface area contributed by atoms with Crippen molar-refractivity contribution in [2.24, 2.45) is 7.05 Å². The van der Waals surface area contributed by atoms with Crippen LogP contribution in [0.2, 0.25) is 5.02 Å². The second-order valence-electron chi connectivity index (χ2n) is 7.61. The summed E-state index contributed by atoms with van der Waals surface area (Å²) in [4.78, 5) is 30.1. The molecule has 0 spiro atoms. The van der Waals surface area contributed by atoms with Crippen molar-refractivity contribution in [2.45, 2.75) is 23.2 Å². The van der Waals surface area contributed by atoms with Crippen molar-refractivity contribution in [3.8, 4) is 23.8 Å². The molecule has 0 saturated heterocycles. The van der Waals surface area contributed by atoms with Crippen molar-refractivity contribution in [1.29, 1.82) is 0 Å². The number of thioether (sulfide) groups is 1. The normalized spacial score (nSPS) is 14.6. The Kier molecular flexibility index (Phi) is 7.15. The van der Waals surface area contributed by atoms with E-state index in [4.69, 9.17) is 27.5 Å². The van der Waals surface area contributed by atoms with Gasteiger partial charge in [-0.1, -0.05) is 53.5 Å². The Labute approximate surface area is 206 Å². The van der Waals surface area contributed by atoms with Crippen LogP contribution >= 0.6 is 23.4 Å². The molecule has 2 aromatic carbocycles. The summed E-state index contributed by atoms with van der Waals surface area (Å²) in [5.74, 6) is 3.68. The van der Waals surface area contributed by atoms with Crippen molar-refractivity contribution in [3.63, 3.8) is 0 Å². The Hall–Kier alpha value is -3.41. The summed E-state index contributed by atoms with van der Waals surface area (Å²) in [5.41, 5.74) is 1.73. The number of methoxy groups -OCH3 is 1. The van der Waals surface area contributed by atoms with Crippen LogP contribution in [0.1, 0.15) is 29.0 Å². The van der Waals surface area contributed by atoms with Gasteiger partial charge in [0.25, 0.3) is 5.56 Å². The molecule has 1 unspecified atom stereocenters. The molecule has 1 atom stereocenters. The molecule has 1 amide bonds. The molecule has 9 heteroatoms. The van der Waals surface area contributed by atoms with Crippen LogP contribution in [0, 0.1) is 12.3 Å². The van der Waals surface area contributed by atoms with E-state index in [1.807, 2.05) is 24.3 Å². The number of ether oxygens (including phenoxy) is 2. The first-order valence-electron chi connectivity index (χ1n) is 10.4. The zero-order valence-corrected chi connectivity index (χ0v) is 20.2. The molecule has 0 radical (unpaired) electrons. The molecule has 1 aliphatic heterocycles. The van der Waals surface area contributed by atoms with E-state index in [1.165, 1.54) is 18.9 Å². The van der Waals surface area contributed by atoms with Crippen molar-refractivity contribution in [1.82, 2.24) is 9.55 Å². The highest BCUT2D eigenvalue weighted by Crippen LogP contribution is 2.39. The van der Waals surface area contributed by atoms with Gasteiger partial charge < -0.3 is 19.4 Å². The van der Waals surface area contributed by atoms with Crippen LogP contribution in [-0.4, -0.2) is 29.2 Å². The van der Waals surface area contributed by atoms with Gasteiger partial charge in [0.05, 0.1) is 12.7 Å². The molecule has 0 aliphatic carbocycles. The van der Waals surface area contributed by atoms with E-state index in [0.717, 1.165) is 11.1 Å². The minimum Gasteiger partial charge on any atom is -0.493 e. The Balaban J connectivity index is 1.70. The van der Waals surface area contributed by atoms with Gasteiger partial charge >= 0.3 is 0 Å². The van der Waals surface area contributed by atoms with Gasteiger partial charge in [0.1, 0.15) is 12.4 Å². The topological polar surface area (TPSA) is 82.5 Å². The Morgan fingerprint density at radius 2 is 2.06 bits per heavy atom. The van der Waals surface area contributed by atoms with Crippen LogP contribution in [0.4, 0.5) is 5.82 Å². The average molecular weight is 496 g/mol.